The molecule has 1 heterocycles. The molecule has 190 valence electrons. The van der Waals surface area contributed by atoms with E-state index in [0.717, 1.165) is 30.8 Å². The first-order valence-electron chi connectivity index (χ1n) is 12.7. The number of para-hydroxylation sites is 1. The van der Waals surface area contributed by atoms with Crippen LogP contribution in [0.2, 0.25) is 0 Å². The highest BCUT2D eigenvalue weighted by Gasteiger charge is 2.28. The SMILES string of the molecule is CCc1ccccc1N(CC(=O)NCc1ccc(CN2CCCCC2)cc1)S(=O)(=O)c1ccccc1. The molecule has 1 saturated heterocycles. The minimum absolute atomic E-state index is 0.160. The third-order valence-electron chi connectivity index (χ3n) is 6.63. The molecule has 3 aromatic rings. The van der Waals surface area contributed by atoms with Crippen molar-refractivity contribution >= 4 is 21.6 Å². The van der Waals surface area contributed by atoms with Crippen LogP contribution >= 0.6 is 0 Å². The van der Waals surface area contributed by atoms with Crippen LogP contribution in [0, 0.1) is 0 Å². The number of likely N-dealkylation sites (tertiary alicyclic amines) is 1. The number of amides is 1. The van der Waals surface area contributed by atoms with Gasteiger partial charge in [0.15, 0.2) is 0 Å². The molecule has 0 saturated carbocycles. The van der Waals surface area contributed by atoms with Crippen molar-refractivity contribution in [3.63, 3.8) is 0 Å². The van der Waals surface area contributed by atoms with Crippen LogP contribution in [0.1, 0.15) is 42.9 Å². The van der Waals surface area contributed by atoms with Crippen LogP contribution in [0.3, 0.4) is 0 Å². The Hall–Kier alpha value is -3.16. The number of piperidine rings is 1. The van der Waals surface area contributed by atoms with E-state index in [0.29, 0.717) is 18.7 Å². The predicted octanol–water partition coefficient (Wildman–Crippen LogP) is 4.75. The second-order valence-electron chi connectivity index (χ2n) is 9.24. The van der Waals surface area contributed by atoms with E-state index in [1.807, 2.05) is 31.2 Å². The molecule has 0 aromatic heterocycles. The zero-order valence-electron chi connectivity index (χ0n) is 20.9. The van der Waals surface area contributed by atoms with Crippen LogP contribution in [-0.4, -0.2) is 38.9 Å². The molecule has 1 aliphatic heterocycles. The van der Waals surface area contributed by atoms with Gasteiger partial charge in [-0.1, -0.05) is 74.0 Å². The average Bonchev–Trinajstić information content (AvgIpc) is 2.92. The Labute approximate surface area is 215 Å². The van der Waals surface area contributed by atoms with Crippen molar-refractivity contribution < 1.29 is 13.2 Å². The lowest BCUT2D eigenvalue weighted by atomic mass is 10.1. The Morgan fingerprint density at radius 2 is 1.50 bits per heavy atom. The van der Waals surface area contributed by atoms with E-state index in [1.54, 1.807) is 42.5 Å². The van der Waals surface area contributed by atoms with E-state index in [9.17, 15) is 13.2 Å². The van der Waals surface area contributed by atoms with Gasteiger partial charge in [0.1, 0.15) is 6.54 Å². The molecular formula is C29H35N3O3S. The predicted molar refractivity (Wildman–Crippen MR) is 144 cm³/mol. The van der Waals surface area contributed by atoms with Gasteiger partial charge in [0, 0.05) is 13.1 Å². The van der Waals surface area contributed by atoms with Crippen molar-refractivity contribution in [2.75, 3.05) is 23.9 Å². The van der Waals surface area contributed by atoms with Crippen molar-refractivity contribution in [1.29, 1.82) is 0 Å². The van der Waals surface area contributed by atoms with E-state index in [1.165, 1.54) is 29.1 Å². The first-order valence-corrected chi connectivity index (χ1v) is 14.1. The second kappa shape index (κ2) is 12.2. The summed E-state index contributed by atoms with van der Waals surface area (Å²) in [5.41, 5.74) is 3.65. The van der Waals surface area contributed by atoms with E-state index in [2.05, 4.69) is 22.3 Å². The number of hydrogen-bond donors (Lipinski definition) is 1. The van der Waals surface area contributed by atoms with Crippen molar-refractivity contribution in [2.45, 2.75) is 50.6 Å². The van der Waals surface area contributed by atoms with E-state index in [-0.39, 0.29) is 17.3 Å². The number of hydrogen-bond acceptors (Lipinski definition) is 4. The Morgan fingerprint density at radius 3 is 2.19 bits per heavy atom. The average molecular weight is 506 g/mol. The molecule has 4 rings (SSSR count). The standard InChI is InChI=1S/C29H35N3O3S/c1-2-26-11-7-8-14-28(26)32(36(34,35)27-12-5-3-6-13-27)23-29(33)30-21-24-15-17-25(18-16-24)22-31-19-9-4-10-20-31/h3,5-8,11-18H,2,4,9-10,19-23H2,1H3,(H,30,33). The normalized spacial score (nSPS) is 14.4. The fraction of sp³-hybridized carbons (Fsp3) is 0.345. The number of nitrogens with one attached hydrogen (secondary N) is 1. The molecule has 1 amide bonds. The Kier molecular flexibility index (Phi) is 8.78. The molecule has 1 N–H and O–H groups in total. The fourth-order valence-electron chi connectivity index (χ4n) is 4.60. The summed E-state index contributed by atoms with van der Waals surface area (Å²) < 4.78 is 28.3. The summed E-state index contributed by atoms with van der Waals surface area (Å²) in [4.78, 5) is 15.6. The van der Waals surface area contributed by atoms with Crippen molar-refractivity contribution in [3.05, 3.63) is 95.6 Å². The molecule has 7 heteroatoms. The maximum Gasteiger partial charge on any atom is 0.264 e. The second-order valence-corrected chi connectivity index (χ2v) is 11.1. The molecule has 0 atom stereocenters. The molecular weight excluding hydrogens is 470 g/mol. The third-order valence-corrected chi connectivity index (χ3v) is 8.40. The summed E-state index contributed by atoms with van der Waals surface area (Å²) >= 11 is 0. The van der Waals surface area contributed by atoms with Crippen LogP contribution in [0.4, 0.5) is 5.69 Å². The van der Waals surface area contributed by atoms with Crippen molar-refractivity contribution in [2.24, 2.45) is 0 Å². The van der Waals surface area contributed by atoms with E-state index < -0.39 is 10.0 Å². The smallest absolute Gasteiger partial charge is 0.264 e. The molecule has 0 radical (unpaired) electrons. The summed E-state index contributed by atoms with van der Waals surface area (Å²) in [6.45, 7) is 5.29. The van der Waals surface area contributed by atoms with Crippen molar-refractivity contribution in [1.82, 2.24) is 10.2 Å². The van der Waals surface area contributed by atoms with Crippen LogP contribution in [0.15, 0.2) is 83.8 Å². The number of carbonyl (C=O) groups is 1. The molecule has 1 aliphatic rings. The first-order chi connectivity index (χ1) is 17.5. The summed E-state index contributed by atoms with van der Waals surface area (Å²) in [6, 6.07) is 23.9. The third kappa shape index (κ3) is 6.53. The summed E-state index contributed by atoms with van der Waals surface area (Å²) in [5, 5.41) is 2.91. The lowest BCUT2D eigenvalue weighted by molar-refractivity contribution is -0.119. The molecule has 3 aromatic carbocycles. The van der Waals surface area contributed by atoms with Crippen molar-refractivity contribution in [3.8, 4) is 0 Å². The van der Waals surface area contributed by atoms with Gasteiger partial charge in [-0.3, -0.25) is 14.0 Å². The number of aryl methyl sites for hydroxylation is 1. The Balaban J connectivity index is 1.44. The van der Waals surface area contributed by atoms with Gasteiger partial charge in [-0.15, -0.1) is 0 Å². The van der Waals surface area contributed by atoms with Gasteiger partial charge >= 0.3 is 0 Å². The number of sulfonamides is 1. The van der Waals surface area contributed by atoms with E-state index >= 15 is 0 Å². The molecule has 0 aliphatic carbocycles. The Morgan fingerprint density at radius 1 is 0.861 bits per heavy atom. The number of nitrogens with zero attached hydrogens (tertiary/aromatic N) is 2. The van der Waals surface area contributed by atoms with Crippen LogP contribution < -0.4 is 9.62 Å². The lowest BCUT2D eigenvalue weighted by Crippen LogP contribution is -2.41. The zero-order valence-corrected chi connectivity index (χ0v) is 21.7. The fourth-order valence-corrected chi connectivity index (χ4v) is 6.08. The molecule has 0 spiro atoms. The van der Waals surface area contributed by atoms with Crippen LogP contribution in [-0.2, 0) is 34.3 Å². The van der Waals surface area contributed by atoms with Gasteiger partial charge in [0.05, 0.1) is 10.6 Å². The molecule has 0 bridgehead atoms. The zero-order chi connectivity index (χ0) is 25.4. The maximum absolute atomic E-state index is 13.6. The number of rotatable bonds is 10. The summed E-state index contributed by atoms with van der Waals surface area (Å²) in [7, 11) is -3.92. The molecule has 36 heavy (non-hydrogen) atoms. The minimum atomic E-state index is -3.92. The molecule has 0 unspecified atom stereocenters. The van der Waals surface area contributed by atoms with Gasteiger partial charge < -0.3 is 5.32 Å². The lowest BCUT2D eigenvalue weighted by Gasteiger charge is -2.26. The molecule has 1 fully saturated rings. The van der Waals surface area contributed by atoms with Gasteiger partial charge in [0.2, 0.25) is 5.91 Å². The minimum Gasteiger partial charge on any atom is -0.350 e. The van der Waals surface area contributed by atoms with E-state index in [4.69, 9.17) is 0 Å². The highest BCUT2D eigenvalue weighted by atomic mass is 32.2. The van der Waals surface area contributed by atoms with Crippen LogP contribution in [0.25, 0.3) is 0 Å². The van der Waals surface area contributed by atoms with Gasteiger partial charge in [-0.05, 0) is 67.2 Å². The molecule has 6 nitrogen and oxygen atoms in total. The topological polar surface area (TPSA) is 69.7 Å². The quantitative estimate of drug-likeness (QED) is 0.432. The summed E-state index contributed by atoms with van der Waals surface area (Å²) in [6.07, 6.45) is 4.51. The Bertz CT molecular complexity index is 1240. The number of anilines is 1. The number of carbonyl (C=O) groups excluding carboxylic acids is 1. The highest BCUT2D eigenvalue weighted by Crippen LogP contribution is 2.27. The summed E-state index contributed by atoms with van der Waals surface area (Å²) in [5.74, 6) is -0.349. The first kappa shape index (κ1) is 25.9. The van der Waals surface area contributed by atoms with Gasteiger partial charge in [0.25, 0.3) is 10.0 Å². The number of benzene rings is 3. The van der Waals surface area contributed by atoms with Gasteiger partial charge in [-0.25, -0.2) is 8.42 Å². The highest BCUT2D eigenvalue weighted by molar-refractivity contribution is 7.92. The van der Waals surface area contributed by atoms with Gasteiger partial charge in [-0.2, -0.15) is 0 Å². The van der Waals surface area contributed by atoms with Crippen LogP contribution in [0.5, 0.6) is 0 Å². The maximum atomic E-state index is 13.6. The largest absolute Gasteiger partial charge is 0.350 e. The monoisotopic (exact) mass is 505 g/mol.